The second-order valence-corrected chi connectivity index (χ2v) is 11.6. The number of nitrogens with zero attached hydrogens (tertiary/aromatic N) is 1. The molecule has 1 aromatic carbocycles. The smallest absolute Gasteiger partial charge is 0.407 e. The lowest BCUT2D eigenvalue weighted by atomic mass is 9.96. The Morgan fingerprint density at radius 3 is 2.10 bits per heavy atom. The molecule has 30 heavy (non-hydrogen) atoms. The quantitative estimate of drug-likeness (QED) is 0.517. The summed E-state index contributed by atoms with van der Waals surface area (Å²) >= 11 is 4.51. The van der Waals surface area contributed by atoms with Crippen LogP contribution in [0.3, 0.4) is 0 Å². The predicted molar refractivity (Wildman–Crippen MR) is 119 cm³/mol. The van der Waals surface area contributed by atoms with Crippen molar-refractivity contribution in [3.05, 3.63) is 45.2 Å². The van der Waals surface area contributed by atoms with E-state index >= 15 is 0 Å². The number of halogens is 1. The Kier molecular flexibility index (Phi) is 8.88. The fraction of sp³-hybridized carbons (Fsp3) is 0.368. The number of carbonyl (C=O) groups is 2. The first-order valence-electron chi connectivity index (χ1n) is 8.71. The minimum atomic E-state index is -3.66. The highest BCUT2D eigenvalue weighted by atomic mass is 79.9. The molecule has 0 aliphatic heterocycles. The minimum Gasteiger partial charge on any atom is -0.465 e. The van der Waals surface area contributed by atoms with Gasteiger partial charge in [0.25, 0.3) is 0 Å². The molecule has 2 rings (SSSR count). The van der Waals surface area contributed by atoms with Gasteiger partial charge in [0.05, 0.1) is 15.9 Å². The van der Waals surface area contributed by atoms with Crippen molar-refractivity contribution < 1.29 is 28.2 Å². The third kappa shape index (κ3) is 7.29. The number of hydrogen-bond acceptors (Lipinski definition) is 5. The number of nitrogens with two attached hydrogens (primary N) is 1. The molecule has 4 N–H and O–H groups in total. The maximum Gasteiger partial charge on any atom is 0.407 e. The molecule has 0 saturated carbocycles. The molecule has 11 heteroatoms. The summed E-state index contributed by atoms with van der Waals surface area (Å²) in [6.07, 6.45) is -2.35. The monoisotopic (exact) mass is 520 g/mol. The van der Waals surface area contributed by atoms with E-state index in [1.54, 1.807) is 37.3 Å². The number of sulfone groups is 1. The predicted octanol–water partition coefficient (Wildman–Crippen LogP) is 4.80. The lowest BCUT2D eigenvalue weighted by molar-refractivity contribution is 0.123. The average Bonchev–Trinajstić information content (AvgIpc) is 2.89. The lowest BCUT2D eigenvalue weighted by Gasteiger charge is -2.27. The summed E-state index contributed by atoms with van der Waals surface area (Å²) in [5.41, 5.74) is 4.59. The van der Waals surface area contributed by atoms with Gasteiger partial charge in [-0.2, -0.15) is 0 Å². The van der Waals surface area contributed by atoms with E-state index < -0.39 is 22.0 Å². The van der Waals surface area contributed by atoms with Gasteiger partial charge >= 0.3 is 12.2 Å². The molecule has 2 aromatic rings. The van der Waals surface area contributed by atoms with Crippen molar-refractivity contribution in [2.45, 2.75) is 43.3 Å². The lowest BCUT2D eigenvalue weighted by Crippen LogP contribution is -2.36. The van der Waals surface area contributed by atoms with Crippen molar-refractivity contribution in [2.75, 3.05) is 6.54 Å². The zero-order valence-electron chi connectivity index (χ0n) is 17.0. The molecule has 1 heterocycles. The van der Waals surface area contributed by atoms with Crippen LogP contribution in [-0.4, -0.2) is 42.3 Å². The van der Waals surface area contributed by atoms with Crippen molar-refractivity contribution in [2.24, 2.45) is 11.1 Å². The van der Waals surface area contributed by atoms with Gasteiger partial charge in [-0.1, -0.05) is 39.0 Å². The number of primary amides is 1. The molecule has 8 nitrogen and oxygen atoms in total. The number of amides is 2. The van der Waals surface area contributed by atoms with Crippen LogP contribution in [-0.2, 0) is 16.4 Å². The summed E-state index contributed by atoms with van der Waals surface area (Å²) in [6, 6.07) is 8.23. The fourth-order valence-electron chi connectivity index (χ4n) is 2.48. The van der Waals surface area contributed by atoms with Crippen LogP contribution in [0.5, 0.6) is 0 Å². The molecule has 0 aliphatic rings. The van der Waals surface area contributed by atoms with Gasteiger partial charge in [0, 0.05) is 11.4 Å². The van der Waals surface area contributed by atoms with E-state index in [4.69, 9.17) is 9.90 Å². The Morgan fingerprint density at radius 1 is 1.17 bits per heavy atom. The number of carboxylic acid groups (broad SMARTS) is 2. The Hall–Kier alpha value is -2.11. The highest BCUT2D eigenvalue weighted by Crippen LogP contribution is 2.39. The van der Waals surface area contributed by atoms with Crippen LogP contribution in [0, 0.1) is 12.3 Å². The van der Waals surface area contributed by atoms with Crippen LogP contribution in [0.1, 0.15) is 31.2 Å². The van der Waals surface area contributed by atoms with Gasteiger partial charge in [-0.05, 0) is 46.0 Å². The largest absolute Gasteiger partial charge is 0.465 e. The van der Waals surface area contributed by atoms with Gasteiger partial charge in [0.1, 0.15) is 4.21 Å². The number of rotatable bonds is 5. The van der Waals surface area contributed by atoms with E-state index in [0.717, 1.165) is 21.8 Å². The summed E-state index contributed by atoms with van der Waals surface area (Å²) in [5, 5.41) is 16.7. The van der Waals surface area contributed by atoms with E-state index in [-0.39, 0.29) is 21.1 Å². The maximum absolute atomic E-state index is 12.9. The summed E-state index contributed by atoms with van der Waals surface area (Å²) < 4.78 is 26.5. The zero-order valence-corrected chi connectivity index (χ0v) is 20.3. The number of hydrogen-bond donors (Lipinski definition) is 3. The van der Waals surface area contributed by atoms with Crippen LogP contribution in [0.2, 0.25) is 0 Å². The Morgan fingerprint density at radius 2 is 1.67 bits per heavy atom. The van der Waals surface area contributed by atoms with Crippen molar-refractivity contribution in [1.29, 1.82) is 0 Å². The van der Waals surface area contributed by atoms with Gasteiger partial charge in [-0.15, -0.1) is 11.3 Å². The van der Waals surface area contributed by atoms with Crippen molar-refractivity contribution in [1.82, 2.24) is 4.90 Å². The Labute approximate surface area is 188 Å². The van der Waals surface area contributed by atoms with Gasteiger partial charge in [-0.25, -0.2) is 18.0 Å². The van der Waals surface area contributed by atoms with E-state index in [1.807, 2.05) is 20.8 Å². The molecular formula is C19H25BrN2O6S2. The van der Waals surface area contributed by atoms with E-state index in [1.165, 1.54) is 4.90 Å². The average molecular weight is 521 g/mol. The molecule has 0 bridgehead atoms. The van der Waals surface area contributed by atoms with E-state index in [2.05, 4.69) is 21.7 Å². The van der Waals surface area contributed by atoms with Crippen LogP contribution >= 0.6 is 27.3 Å². The highest BCUT2D eigenvalue weighted by Gasteiger charge is 2.28. The first-order valence-corrected chi connectivity index (χ1v) is 11.8. The van der Waals surface area contributed by atoms with Crippen molar-refractivity contribution >= 4 is 49.3 Å². The fourth-order valence-corrected chi connectivity index (χ4v) is 6.82. The summed E-state index contributed by atoms with van der Waals surface area (Å²) in [4.78, 5) is 22.6. The molecule has 0 unspecified atom stereocenters. The molecule has 166 valence electrons. The van der Waals surface area contributed by atoms with Crippen LogP contribution < -0.4 is 5.73 Å². The minimum absolute atomic E-state index is 0.159. The second-order valence-electron chi connectivity index (χ2n) is 7.61. The van der Waals surface area contributed by atoms with E-state index in [0.29, 0.717) is 11.0 Å². The molecule has 1 aromatic heterocycles. The van der Waals surface area contributed by atoms with Gasteiger partial charge in [0.2, 0.25) is 9.84 Å². The van der Waals surface area contributed by atoms with Gasteiger partial charge in [-0.3, -0.25) is 0 Å². The second kappa shape index (κ2) is 10.3. The van der Waals surface area contributed by atoms with Gasteiger partial charge in [0.15, 0.2) is 0 Å². The SMILES string of the molecule is Cc1c(CN(CC(C)(C)C)C(=O)O)sc(S(=O)(=O)c2ccccc2)c1Br.NC(=O)O. The number of benzene rings is 1. The van der Waals surface area contributed by atoms with Crippen LogP contribution in [0.4, 0.5) is 9.59 Å². The highest BCUT2D eigenvalue weighted by molar-refractivity contribution is 9.10. The summed E-state index contributed by atoms with van der Waals surface area (Å²) in [5.74, 6) is 0. The third-order valence-corrected chi connectivity index (χ3v) is 8.79. The Balaban J connectivity index is 0.00000103. The first kappa shape index (κ1) is 25.9. The first-order chi connectivity index (χ1) is 13.7. The van der Waals surface area contributed by atoms with Crippen LogP contribution in [0.15, 0.2) is 43.9 Å². The molecule has 0 spiro atoms. The molecule has 0 fully saturated rings. The summed E-state index contributed by atoms with van der Waals surface area (Å²) in [6.45, 7) is 8.21. The maximum atomic E-state index is 12.9. The standard InChI is InChI=1S/C18H22BrNO4S2.CH3NO2/c1-12-14(10-20(17(21)22)11-18(2,3)4)25-16(15(12)19)26(23,24)13-8-6-5-7-9-13;2-1(3)4/h5-9H,10-11H2,1-4H3,(H,21,22);2H2,(H,3,4). The van der Waals surface area contributed by atoms with Crippen molar-refractivity contribution in [3.63, 3.8) is 0 Å². The third-order valence-electron chi connectivity index (χ3n) is 3.71. The Bertz CT molecular complexity index is 994. The molecule has 0 radical (unpaired) electrons. The molecule has 0 saturated heterocycles. The molecule has 2 amide bonds. The molecule has 0 aliphatic carbocycles. The molecule has 0 atom stereocenters. The summed E-state index contributed by atoms with van der Waals surface area (Å²) in [7, 11) is -3.66. The van der Waals surface area contributed by atoms with Gasteiger partial charge < -0.3 is 20.8 Å². The van der Waals surface area contributed by atoms with Crippen molar-refractivity contribution in [3.8, 4) is 0 Å². The normalized spacial score (nSPS) is 11.4. The van der Waals surface area contributed by atoms with E-state index in [9.17, 15) is 18.3 Å². The number of thiophene rings is 1. The van der Waals surface area contributed by atoms with Crippen LogP contribution in [0.25, 0.3) is 0 Å². The molecular weight excluding hydrogens is 496 g/mol. The zero-order chi connectivity index (χ0) is 23.3. The topological polar surface area (TPSA) is 138 Å².